The van der Waals surface area contributed by atoms with Gasteiger partial charge in [-0.25, -0.2) is 0 Å². The van der Waals surface area contributed by atoms with Gasteiger partial charge in [-0.2, -0.15) is 13.2 Å². The van der Waals surface area contributed by atoms with E-state index in [1.807, 2.05) is 47.9 Å². The highest BCUT2D eigenvalue weighted by atomic mass is 32.2. The smallest absolute Gasteiger partial charge is 0.352 e. The van der Waals surface area contributed by atoms with Gasteiger partial charge < -0.3 is 20.3 Å². The van der Waals surface area contributed by atoms with Gasteiger partial charge in [0.05, 0.1) is 5.56 Å². The van der Waals surface area contributed by atoms with Gasteiger partial charge in [0.15, 0.2) is 0 Å². The van der Waals surface area contributed by atoms with Crippen molar-refractivity contribution < 1.29 is 22.8 Å². The maximum Gasteiger partial charge on any atom is 0.417 e. The molecule has 0 aliphatic rings. The number of carbonyl (C=O) groups excluding carboxylic acids is 2. The van der Waals surface area contributed by atoms with Crippen LogP contribution in [0.15, 0.2) is 67.0 Å². The first-order valence-corrected chi connectivity index (χ1v) is 13.1. The van der Waals surface area contributed by atoms with Gasteiger partial charge in [0.2, 0.25) is 0 Å². The Hall–Kier alpha value is -3.57. The molecule has 0 atom stereocenters. The van der Waals surface area contributed by atoms with Crippen LogP contribution in [0.1, 0.15) is 43.8 Å². The van der Waals surface area contributed by atoms with E-state index < -0.39 is 11.7 Å². The van der Waals surface area contributed by atoms with E-state index in [4.69, 9.17) is 0 Å². The lowest BCUT2D eigenvalue weighted by atomic mass is 10.1. The molecule has 2 amide bonds. The van der Waals surface area contributed by atoms with Crippen LogP contribution in [-0.4, -0.2) is 43.2 Å². The number of pyridine rings is 1. The summed E-state index contributed by atoms with van der Waals surface area (Å²) in [5, 5.41) is 8.78. The predicted octanol–water partition coefficient (Wildman–Crippen LogP) is 4.65. The summed E-state index contributed by atoms with van der Waals surface area (Å²) in [6, 6.07) is 15.6. The predicted molar refractivity (Wildman–Crippen MR) is 144 cm³/mol. The summed E-state index contributed by atoms with van der Waals surface area (Å²) in [6.07, 6.45) is 0.203. The zero-order chi connectivity index (χ0) is 27.5. The lowest BCUT2D eigenvalue weighted by Gasteiger charge is -2.18. The maximum atomic E-state index is 12.8. The van der Waals surface area contributed by atoms with Gasteiger partial charge in [-0.15, -0.1) is 0 Å². The second-order valence-corrected chi connectivity index (χ2v) is 9.40. The number of nitrogens with zero attached hydrogens (tertiary/aromatic N) is 2. The van der Waals surface area contributed by atoms with Crippen LogP contribution in [0.5, 0.6) is 0 Å². The summed E-state index contributed by atoms with van der Waals surface area (Å²) in [5.41, 5.74) is 2.06. The molecule has 11 heteroatoms. The highest BCUT2D eigenvalue weighted by Crippen LogP contribution is 2.28. The molecule has 1 aromatic heterocycles. The number of rotatable bonds is 12. The van der Waals surface area contributed by atoms with Gasteiger partial charge in [-0.05, 0) is 48.4 Å². The molecule has 7 nitrogen and oxygen atoms in total. The normalized spacial score (nSPS) is 11.2. The van der Waals surface area contributed by atoms with Crippen LogP contribution in [0, 0.1) is 0 Å². The molecule has 0 aliphatic heterocycles. The van der Waals surface area contributed by atoms with E-state index in [1.165, 1.54) is 18.1 Å². The minimum absolute atomic E-state index is 0.232. The SMILES string of the molecule is CSN(C)c1cc(C(=O)NCCCNCc2cncc(C(F)(F)F)c2)cc(C(=O)NCc2ccccc2)c1. The van der Waals surface area contributed by atoms with Gasteiger partial charge in [0, 0.05) is 62.1 Å². The number of benzene rings is 2. The lowest BCUT2D eigenvalue weighted by Crippen LogP contribution is -2.28. The van der Waals surface area contributed by atoms with Crippen LogP contribution in [-0.2, 0) is 19.3 Å². The molecule has 0 saturated heterocycles. The zero-order valence-electron chi connectivity index (χ0n) is 21.1. The third-order valence-electron chi connectivity index (χ3n) is 5.64. The number of aromatic nitrogens is 1. The van der Waals surface area contributed by atoms with Crippen LogP contribution < -0.4 is 20.3 Å². The van der Waals surface area contributed by atoms with Crippen molar-refractivity contribution in [3.8, 4) is 0 Å². The van der Waals surface area contributed by atoms with Crippen LogP contribution in [0.4, 0.5) is 18.9 Å². The molecule has 3 N–H and O–H groups in total. The number of alkyl halides is 3. The van der Waals surface area contributed by atoms with Crippen LogP contribution in [0.2, 0.25) is 0 Å². The quantitative estimate of drug-likeness (QED) is 0.227. The van der Waals surface area contributed by atoms with Gasteiger partial charge in [0.1, 0.15) is 0 Å². The second-order valence-electron chi connectivity index (χ2n) is 8.48. The van der Waals surface area contributed by atoms with Crippen molar-refractivity contribution >= 4 is 29.4 Å². The number of hydrogen-bond acceptors (Lipinski definition) is 6. The van der Waals surface area contributed by atoms with Gasteiger partial charge in [-0.3, -0.25) is 14.6 Å². The molecule has 0 saturated carbocycles. The van der Waals surface area contributed by atoms with Gasteiger partial charge in [0.25, 0.3) is 11.8 Å². The molecule has 38 heavy (non-hydrogen) atoms. The highest BCUT2D eigenvalue weighted by Gasteiger charge is 2.30. The number of nitrogens with one attached hydrogen (secondary N) is 3. The third-order valence-corrected chi connectivity index (χ3v) is 6.40. The Balaban J connectivity index is 1.53. The first kappa shape index (κ1) is 29.0. The first-order valence-electron chi connectivity index (χ1n) is 11.9. The molecule has 202 valence electrons. The highest BCUT2D eigenvalue weighted by molar-refractivity contribution is 7.99. The number of anilines is 1. The summed E-state index contributed by atoms with van der Waals surface area (Å²) in [7, 11) is 1.85. The number of amides is 2. The summed E-state index contributed by atoms with van der Waals surface area (Å²) in [6.45, 7) is 1.44. The lowest BCUT2D eigenvalue weighted by molar-refractivity contribution is -0.137. The average molecular weight is 546 g/mol. The van der Waals surface area contributed by atoms with E-state index in [2.05, 4.69) is 20.9 Å². The van der Waals surface area contributed by atoms with E-state index in [1.54, 1.807) is 18.2 Å². The van der Waals surface area contributed by atoms with Crippen molar-refractivity contribution in [3.05, 3.63) is 94.8 Å². The summed E-state index contributed by atoms with van der Waals surface area (Å²) < 4.78 is 40.3. The molecule has 3 rings (SSSR count). The zero-order valence-corrected chi connectivity index (χ0v) is 22.0. The Bertz CT molecular complexity index is 1220. The summed E-state index contributed by atoms with van der Waals surface area (Å²) in [4.78, 5) is 29.3. The Kier molecular flexibility index (Phi) is 10.5. The molecule has 1 heterocycles. The van der Waals surface area contributed by atoms with E-state index in [0.717, 1.165) is 17.8 Å². The van der Waals surface area contributed by atoms with E-state index in [9.17, 15) is 22.8 Å². The fourth-order valence-corrected chi connectivity index (χ4v) is 3.85. The largest absolute Gasteiger partial charge is 0.417 e. The molecule has 2 aromatic carbocycles. The molecule has 0 fully saturated rings. The molecule has 0 aliphatic carbocycles. The third kappa shape index (κ3) is 8.77. The molecule has 0 radical (unpaired) electrons. The Morgan fingerprint density at radius 3 is 2.24 bits per heavy atom. The second kappa shape index (κ2) is 13.8. The molecule has 0 spiro atoms. The van der Waals surface area contributed by atoms with E-state index in [0.29, 0.717) is 48.4 Å². The molecule has 0 unspecified atom stereocenters. The van der Waals surface area contributed by atoms with Crippen molar-refractivity contribution in [1.29, 1.82) is 0 Å². The van der Waals surface area contributed by atoms with Crippen LogP contribution in [0.3, 0.4) is 0 Å². The first-order chi connectivity index (χ1) is 18.2. The Labute approximate surface area is 224 Å². The topological polar surface area (TPSA) is 86.4 Å². The molecular weight excluding hydrogens is 515 g/mol. The monoisotopic (exact) mass is 545 g/mol. The maximum absolute atomic E-state index is 12.8. The standard InChI is InChI=1S/C27H30F3N5O2S/c1-35(38-2)24-13-21(12-22(14-24)26(37)34-17-19-7-4-3-5-8-19)25(36)33-10-6-9-31-15-20-11-23(18-32-16-20)27(28,29)30/h3-5,7-8,11-14,16,18,31H,6,9-10,15,17H2,1-2H3,(H,33,36)(H,34,37). The summed E-state index contributed by atoms with van der Waals surface area (Å²) >= 11 is 1.45. The Morgan fingerprint density at radius 1 is 0.895 bits per heavy atom. The average Bonchev–Trinajstić information content (AvgIpc) is 2.93. The van der Waals surface area contributed by atoms with E-state index in [-0.39, 0.29) is 18.4 Å². The van der Waals surface area contributed by atoms with Gasteiger partial charge in [-0.1, -0.05) is 42.3 Å². The number of halogens is 3. The molecular formula is C27H30F3N5O2S. The molecule has 0 bridgehead atoms. The van der Waals surface area contributed by atoms with E-state index >= 15 is 0 Å². The van der Waals surface area contributed by atoms with Crippen LogP contribution in [0.25, 0.3) is 0 Å². The summed E-state index contributed by atoms with van der Waals surface area (Å²) in [5.74, 6) is -0.604. The fraction of sp³-hybridized carbons (Fsp3) is 0.296. The van der Waals surface area contributed by atoms with Crippen molar-refractivity contribution in [3.63, 3.8) is 0 Å². The van der Waals surface area contributed by atoms with Crippen molar-refractivity contribution in [1.82, 2.24) is 20.9 Å². The van der Waals surface area contributed by atoms with Crippen LogP contribution >= 0.6 is 11.9 Å². The van der Waals surface area contributed by atoms with Crippen molar-refractivity contribution in [2.24, 2.45) is 0 Å². The van der Waals surface area contributed by atoms with Gasteiger partial charge >= 0.3 is 6.18 Å². The minimum Gasteiger partial charge on any atom is -0.352 e. The van der Waals surface area contributed by atoms with Crippen molar-refractivity contribution in [2.45, 2.75) is 25.7 Å². The number of carbonyl (C=O) groups is 2. The molecule has 3 aromatic rings. The number of hydrogen-bond donors (Lipinski definition) is 3. The van der Waals surface area contributed by atoms with Crippen molar-refractivity contribution in [2.75, 3.05) is 30.7 Å². The minimum atomic E-state index is -4.43. The fourth-order valence-electron chi connectivity index (χ4n) is 3.53. The Morgan fingerprint density at radius 2 is 1.58 bits per heavy atom.